The molecule has 0 aromatic carbocycles. The second-order valence-electron chi connectivity index (χ2n) is 7.12. The average Bonchev–Trinajstić information content (AvgIpc) is 2.90. The minimum atomic E-state index is -0.546. The Kier molecular flexibility index (Phi) is 4.08. The number of Topliss-reactive ketones (excluding diaryl/α,β-unsaturated/α-hetero) is 1. The molecule has 0 aromatic heterocycles. The average molecular weight is 255 g/mol. The fourth-order valence-corrected chi connectivity index (χ4v) is 1.74. The van der Waals surface area contributed by atoms with Crippen LogP contribution in [0, 0.1) is 11.3 Å². The molecule has 104 valence electrons. The van der Waals surface area contributed by atoms with Crippen molar-refractivity contribution in [3.63, 3.8) is 0 Å². The number of ether oxygens (including phenoxy) is 1. The van der Waals surface area contributed by atoms with Gasteiger partial charge in [0.15, 0.2) is 5.78 Å². The molecule has 1 saturated carbocycles. The quantitative estimate of drug-likeness (QED) is 0.843. The van der Waals surface area contributed by atoms with Crippen molar-refractivity contribution in [1.82, 2.24) is 5.32 Å². The first-order chi connectivity index (χ1) is 8.00. The Labute approximate surface area is 109 Å². The third-order valence-electron chi connectivity index (χ3n) is 2.79. The number of ketones is 1. The molecule has 4 nitrogen and oxygen atoms in total. The van der Waals surface area contributed by atoms with Crippen molar-refractivity contribution >= 4 is 11.9 Å². The van der Waals surface area contributed by atoms with Crippen LogP contribution in [-0.2, 0) is 9.53 Å². The number of amides is 1. The number of carbonyl (C=O) groups excluding carboxylic acids is 2. The van der Waals surface area contributed by atoms with E-state index >= 15 is 0 Å². The maximum absolute atomic E-state index is 12.2. The molecule has 1 N–H and O–H groups in total. The zero-order valence-electron chi connectivity index (χ0n) is 12.3. The van der Waals surface area contributed by atoms with Gasteiger partial charge in [-0.25, -0.2) is 4.79 Å². The molecular weight excluding hydrogens is 230 g/mol. The Morgan fingerprint density at radius 2 is 1.61 bits per heavy atom. The molecule has 0 heterocycles. The van der Waals surface area contributed by atoms with Crippen LogP contribution in [-0.4, -0.2) is 23.5 Å². The van der Waals surface area contributed by atoms with Gasteiger partial charge in [-0.05, 0) is 39.0 Å². The van der Waals surface area contributed by atoms with Crippen molar-refractivity contribution in [3.8, 4) is 0 Å². The van der Waals surface area contributed by atoms with Gasteiger partial charge in [0, 0.05) is 5.92 Å². The maximum Gasteiger partial charge on any atom is 0.408 e. The van der Waals surface area contributed by atoms with E-state index in [9.17, 15) is 9.59 Å². The number of hydrogen-bond donors (Lipinski definition) is 1. The molecule has 1 aliphatic rings. The van der Waals surface area contributed by atoms with E-state index < -0.39 is 17.7 Å². The van der Waals surface area contributed by atoms with Crippen molar-refractivity contribution in [2.45, 2.75) is 66.0 Å². The Hall–Kier alpha value is -1.06. The van der Waals surface area contributed by atoms with Gasteiger partial charge in [0.05, 0.1) is 6.04 Å². The number of carbonyl (C=O) groups is 2. The summed E-state index contributed by atoms with van der Waals surface area (Å²) in [5.74, 6) is 0.262. The molecule has 0 aromatic rings. The van der Waals surface area contributed by atoms with Crippen molar-refractivity contribution in [3.05, 3.63) is 0 Å². The van der Waals surface area contributed by atoms with Crippen LogP contribution in [0.4, 0.5) is 4.79 Å². The van der Waals surface area contributed by atoms with Crippen molar-refractivity contribution in [2.24, 2.45) is 11.3 Å². The van der Waals surface area contributed by atoms with Crippen LogP contribution in [0.2, 0.25) is 0 Å². The van der Waals surface area contributed by atoms with Crippen LogP contribution in [0.25, 0.3) is 0 Å². The fraction of sp³-hybridized carbons (Fsp3) is 0.857. The molecule has 0 saturated heterocycles. The molecule has 1 amide bonds. The Morgan fingerprint density at radius 1 is 1.11 bits per heavy atom. The zero-order valence-corrected chi connectivity index (χ0v) is 12.3. The van der Waals surface area contributed by atoms with Gasteiger partial charge in [-0.1, -0.05) is 20.8 Å². The van der Waals surface area contributed by atoms with Gasteiger partial charge >= 0.3 is 6.09 Å². The molecule has 0 bridgehead atoms. The largest absolute Gasteiger partial charge is 0.444 e. The van der Waals surface area contributed by atoms with Gasteiger partial charge in [-0.3, -0.25) is 4.79 Å². The van der Waals surface area contributed by atoms with Gasteiger partial charge in [-0.2, -0.15) is 0 Å². The maximum atomic E-state index is 12.2. The van der Waals surface area contributed by atoms with Crippen LogP contribution in [0.3, 0.4) is 0 Å². The number of hydrogen-bond acceptors (Lipinski definition) is 3. The van der Waals surface area contributed by atoms with E-state index in [1.165, 1.54) is 0 Å². The number of rotatable bonds is 3. The van der Waals surface area contributed by atoms with Crippen LogP contribution in [0.1, 0.15) is 54.4 Å². The summed E-state index contributed by atoms with van der Waals surface area (Å²) in [6.07, 6.45) is 1.37. The minimum Gasteiger partial charge on any atom is -0.444 e. The topological polar surface area (TPSA) is 55.4 Å². The minimum absolute atomic E-state index is 0.129. The van der Waals surface area contributed by atoms with Gasteiger partial charge in [-0.15, -0.1) is 0 Å². The van der Waals surface area contributed by atoms with E-state index in [0.29, 0.717) is 0 Å². The van der Waals surface area contributed by atoms with Crippen LogP contribution >= 0.6 is 0 Å². The lowest BCUT2D eigenvalue weighted by Crippen LogP contribution is -2.51. The lowest BCUT2D eigenvalue weighted by molar-refractivity contribution is -0.124. The highest BCUT2D eigenvalue weighted by molar-refractivity contribution is 5.91. The van der Waals surface area contributed by atoms with E-state index in [1.807, 2.05) is 20.8 Å². The highest BCUT2D eigenvalue weighted by Gasteiger charge is 2.41. The van der Waals surface area contributed by atoms with Crippen molar-refractivity contribution in [1.29, 1.82) is 0 Å². The standard InChI is InChI=1S/C14H25NO3/c1-13(2,3)11(10(16)9-7-8-9)15-12(17)18-14(4,5)6/h9,11H,7-8H2,1-6H3,(H,15,17)/t11-/m1/s1. The summed E-state index contributed by atoms with van der Waals surface area (Å²) in [5.41, 5.74) is -0.842. The summed E-state index contributed by atoms with van der Waals surface area (Å²) in [7, 11) is 0. The lowest BCUT2D eigenvalue weighted by atomic mass is 9.83. The van der Waals surface area contributed by atoms with Crippen molar-refractivity contribution in [2.75, 3.05) is 0 Å². The molecule has 18 heavy (non-hydrogen) atoms. The van der Waals surface area contributed by atoms with E-state index in [1.54, 1.807) is 20.8 Å². The van der Waals surface area contributed by atoms with Crippen LogP contribution < -0.4 is 5.32 Å². The highest BCUT2D eigenvalue weighted by atomic mass is 16.6. The molecule has 0 radical (unpaired) electrons. The van der Waals surface area contributed by atoms with E-state index in [-0.39, 0.29) is 17.1 Å². The zero-order chi connectivity index (χ0) is 14.1. The number of alkyl carbamates (subject to hydrolysis) is 1. The summed E-state index contributed by atoms with van der Waals surface area (Å²) in [6, 6.07) is -0.472. The first-order valence-corrected chi connectivity index (χ1v) is 6.54. The molecule has 0 unspecified atom stereocenters. The molecule has 1 rings (SSSR count). The summed E-state index contributed by atoms with van der Waals surface area (Å²) in [4.78, 5) is 24.0. The molecule has 1 atom stereocenters. The molecule has 0 spiro atoms. The Bertz CT molecular complexity index is 332. The SMILES string of the molecule is CC(C)(C)OC(=O)N[C@H](C(=O)C1CC1)C(C)(C)C. The summed E-state index contributed by atoms with van der Waals surface area (Å²) in [5, 5.41) is 2.72. The predicted molar refractivity (Wildman–Crippen MR) is 70.3 cm³/mol. The first-order valence-electron chi connectivity index (χ1n) is 6.54. The smallest absolute Gasteiger partial charge is 0.408 e. The van der Waals surface area contributed by atoms with Gasteiger partial charge in [0.25, 0.3) is 0 Å². The lowest BCUT2D eigenvalue weighted by Gasteiger charge is -2.31. The molecule has 4 heteroatoms. The fourth-order valence-electron chi connectivity index (χ4n) is 1.74. The number of nitrogens with one attached hydrogen (secondary N) is 1. The van der Waals surface area contributed by atoms with E-state index in [0.717, 1.165) is 12.8 Å². The monoisotopic (exact) mass is 255 g/mol. The summed E-state index contributed by atoms with van der Waals surface area (Å²) in [6.45, 7) is 11.3. The Morgan fingerprint density at radius 3 is 1.94 bits per heavy atom. The van der Waals surface area contributed by atoms with Crippen LogP contribution in [0.5, 0.6) is 0 Å². The van der Waals surface area contributed by atoms with Crippen LogP contribution in [0.15, 0.2) is 0 Å². The predicted octanol–water partition coefficient (Wildman–Crippen LogP) is 2.90. The Balaban J connectivity index is 2.67. The molecule has 0 aliphatic heterocycles. The first kappa shape index (κ1) is 15.0. The second-order valence-corrected chi connectivity index (χ2v) is 7.12. The molecule has 1 aliphatic carbocycles. The summed E-state index contributed by atoms with van der Waals surface area (Å²) >= 11 is 0. The van der Waals surface area contributed by atoms with E-state index in [2.05, 4.69) is 5.32 Å². The normalized spacial score (nSPS) is 18.1. The van der Waals surface area contributed by atoms with Gasteiger partial charge in [0.2, 0.25) is 0 Å². The third kappa shape index (κ3) is 4.67. The highest BCUT2D eigenvalue weighted by Crippen LogP contribution is 2.34. The van der Waals surface area contributed by atoms with Gasteiger partial charge < -0.3 is 10.1 Å². The molecular formula is C14H25NO3. The third-order valence-corrected chi connectivity index (χ3v) is 2.79. The van der Waals surface area contributed by atoms with Gasteiger partial charge in [0.1, 0.15) is 5.60 Å². The van der Waals surface area contributed by atoms with Crippen molar-refractivity contribution < 1.29 is 14.3 Å². The summed E-state index contributed by atoms with van der Waals surface area (Å²) < 4.78 is 5.21. The molecule has 1 fully saturated rings. The van der Waals surface area contributed by atoms with E-state index in [4.69, 9.17) is 4.74 Å². The second kappa shape index (κ2) is 4.90.